The number of imidazole rings is 2. The maximum atomic E-state index is 15.0. The lowest BCUT2D eigenvalue weighted by Gasteiger charge is -2.29. The Bertz CT molecular complexity index is 3930. The van der Waals surface area contributed by atoms with E-state index in [9.17, 15) is 67.4 Å². The Labute approximate surface area is 703 Å². The second-order valence-corrected chi connectivity index (χ2v) is 28.1. The summed E-state index contributed by atoms with van der Waals surface area (Å²) >= 11 is 0. The molecule has 0 radical (unpaired) electrons. The number of hydrogen-bond acceptors (Lipinski definition) is 24. The van der Waals surface area contributed by atoms with E-state index in [4.69, 9.17) is 84.1 Å². The molecule has 0 spiro atoms. The molecule has 10 atom stereocenters. The van der Waals surface area contributed by atoms with Crippen molar-refractivity contribution in [1.82, 2.24) is 115 Å². The Hall–Kier alpha value is -13.8. The number of pyridine rings is 1. The summed E-state index contributed by atoms with van der Waals surface area (Å²) in [5.74, 6) is -15.5. The minimum absolute atomic E-state index is 0.00326. The smallest absolute Gasteiger partial charge is 0.326 e. The number of aliphatic carboxylic acids is 1. The van der Waals surface area contributed by atoms with Gasteiger partial charge in [-0.1, -0.05) is 6.07 Å². The van der Waals surface area contributed by atoms with Gasteiger partial charge in [0.05, 0.1) is 24.0 Å². The fourth-order valence-corrected chi connectivity index (χ4v) is 11.9. The number of aromatic amines is 2. The Morgan fingerprint density at radius 1 is 0.336 bits per heavy atom. The van der Waals surface area contributed by atoms with Crippen molar-refractivity contribution in [2.45, 2.75) is 202 Å². The number of guanidine groups is 6. The van der Waals surface area contributed by atoms with Crippen LogP contribution >= 0.6 is 0 Å². The van der Waals surface area contributed by atoms with Gasteiger partial charge in [-0.15, -0.1) is 0 Å². The molecule has 0 saturated carbocycles. The van der Waals surface area contributed by atoms with E-state index in [0.717, 1.165) is 0 Å². The van der Waals surface area contributed by atoms with Crippen LogP contribution < -0.4 is 142 Å². The molecule has 44 N–H and O–H groups in total. The quantitative estimate of drug-likeness (QED) is 0.0142. The van der Waals surface area contributed by atoms with Gasteiger partial charge in [-0.3, -0.25) is 90.0 Å². The van der Waals surface area contributed by atoms with Crippen LogP contribution in [0.4, 0.5) is 0 Å². The van der Waals surface area contributed by atoms with Gasteiger partial charge in [0.1, 0.15) is 71.8 Å². The number of unbranched alkanes of at least 4 members (excludes halogenated alkanes) is 2. The molecule has 0 aliphatic rings. The van der Waals surface area contributed by atoms with Gasteiger partial charge < -0.3 is 157 Å². The van der Waals surface area contributed by atoms with Crippen LogP contribution in [-0.2, 0) is 65.6 Å². The number of carbonyl (C=O) groups excluding carboxylic acids is 12. The SMILES string of the molecule is N=C(N)NCCC[C@H](NC(=O)[C@H](CCCNC(=N)N)NC(=O)[C@H](CCCNC(=N)N)NC(=O)[C@H](CCC(N)=O)NC(=O)[C@H](CCCNC(=N)N)NC(=O)[C@H](CCCNC(=N)N)NC(=O)[C@H](CCCCN)NC(=O)[C@H](CCCCN)NC(=O)[C@H](CCCNC(=N)N)NC(=O)[C@H](Cc1c[nH]cn1)NC(=O)c1cccc(C(=O)NCCc2c[nH]cn2)n1)C(=O)O. The molecule has 0 unspecified atom stereocenters. The lowest BCUT2D eigenvalue weighted by Crippen LogP contribution is -2.60. The van der Waals surface area contributed by atoms with E-state index in [1.165, 1.54) is 37.1 Å². The van der Waals surface area contributed by atoms with Gasteiger partial charge in [0.25, 0.3) is 11.8 Å². The third-order valence-electron chi connectivity index (χ3n) is 18.2. The number of carboxylic acids is 1. The summed E-state index contributed by atoms with van der Waals surface area (Å²) in [6, 6.07) is -11.5. The van der Waals surface area contributed by atoms with Crippen LogP contribution in [0, 0.1) is 32.5 Å². The van der Waals surface area contributed by atoms with E-state index in [2.05, 4.69) is 115 Å². The van der Waals surface area contributed by atoms with E-state index in [-0.39, 0.29) is 185 Å². The molecule has 3 aromatic rings. The summed E-state index contributed by atoms with van der Waals surface area (Å²) in [4.78, 5) is 202. The highest BCUT2D eigenvalue weighted by Gasteiger charge is 2.37. The average Bonchev–Trinajstić information content (AvgIpc) is 1.03. The third kappa shape index (κ3) is 43.1. The van der Waals surface area contributed by atoms with Crippen LogP contribution in [0.25, 0.3) is 0 Å². The summed E-state index contributed by atoms with van der Waals surface area (Å²) in [6.07, 6.45) is 4.71. The molecule has 0 aliphatic carbocycles. The standard InChI is InChI=1S/C71H123N37O14/c72-25-3-1-12-43(100-60(116)48(19-9-30-93-69(81)82)105-64(120)52(34-40-36-88-38-97-40)108-55(111)42-15-5-14-41(98-42)54(110)89-33-24-39-35-87-37-96-39)56(112)99-44(13-2-4-26-73)57(113)101-45(16-6-27-90-66(75)76)58(114)102-47(18-8-29-92-68(79)80)61(117)106-50(22-23-53(74)109)63(119)104-46(17-7-28-91-67(77)78)59(115)103-49(20-10-31-94-70(83)84)62(118)107-51(65(121)122)21-11-32-95-71(85)86/h5,14-15,35-38,43-52H,1-4,6-13,16-34,72-73H2,(H2,74,109)(H,87,96)(H,88,97)(H,89,110)(H,99,112)(H,100,116)(H,101,113)(H,102,114)(H,103,115)(H,104,119)(H,105,120)(H,106,117)(H,107,118)(H,108,111)(H,121,122)(H4,75,76,90)(H4,77,78,91)(H4,79,80,92)(H4,81,82,93)(H4,83,84,94)(H4,85,86,95)/t43-,44-,45-,46-,47-,48-,49-,50-,51-,52-/m0/s1. The fourth-order valence-electron chi connectivity index (χ4n) is 11.9. The number of carbonyl (C=O) groups is 13. The zero-order valence-corrected chi connectivity index (χ0v) is 68.0. The molecule has 0 aromatic carbocycles. The summed E-state index contributed by atoms with van der Waals surface area (Å²) in [6.45, 7) is 0.417. The number of H-pyrrole nitrogens is 2. The number of rotatable bonds is 62. The number of hydrogen-bond donors (Lipinski definition) is 35. The van der Waals surface area contributed by atoms with Gasteiger partial charge in [-0.05, 0) is 147 Å². The van der Waals surface area contributed by atoms with E-state index in [1.54, 1.807) is 6.20 Å². The predicted molar refractivity (Wildman–Crippen MR) is 447 cm³/mol. The summed E-state index contributed by atoms with van der Waals surface area (Å²) in [5, 5.41) is 100. The molecule has 51 heteroatoms. The number of amides is 12. The number of nitrogens with one attached hydrogen (secondary N) is 25. The Morgan fingerprint density at radius 3 is 0.902 bits per heavy atom. The maximum absolute atomic E-state index is 15.0. The lowest BCUT2D eigenvalue weighted by atomic mass is 10.0. The van der Waals surface area contributed by atoms with Crippen molar-refractivity contribution < 1.29 is 67.4 Å². The van der Waals surface area contributed by atoms with Gasteiger partial charge in [0.2, 0.25) is 59.1 Å². The average molecular weight is 1720 g/mol. The molecule has 0 fully saturated rings. The van der Waals surface area contributed by atoms with Crippen molar-refractivity contribution in [1.29, 1.82) is 32.5 Å². The van der Waals surface area contributed by atoms with Crippen molar-refractivity contribution >= 4 is 113 Å². The maximum Gasteiger partial charge on any atom is 0.326 e. The topological polar surface area (TPSA) is 894 Å². The van der Waals surface area contributed by atoms with Crippen LogP contribution in [-0.4, -0.2) is 262 Å². The van der Waals surface area contributed by atoms with Crippen molar-refractivity contribution in [3.63, 3.8) is 0 Å². The second kappa shape index (κ2) is 57.4. The zero-order chi connectivity index (χ0) is 90.5. The van der Waals surface area contributed by atoms with Crippen LogP contribution in [0.1, 0.15) is 161 Å². The number of carboxylic acid groups (broad SMARTS) is 1. The number of nitrogens with two attached hydrogens (primary N) is 9. The third-order valence-corrected chi connectivity index (χ3v) is 18.2. The van der Waals surface area contributed by atoms with E-state index >= 15 is 0 Å². The van der Waals surface area contributed by atoms with Crippen molar-refractivity contribution in [2.24, 2.45) is 51.6 Å². The Morgan fingerprint density at radius 2 is 0.615 bits per heavy atom. The van der Waals surface area contributed by atoms with Crippen LogP contribution in [0.2, 0.25) is 0 Å². The van der Waals surface area contributed by atoms with Crippen LogP contribution in [0.15, 0.2) is 43.2 Å². The molecule has 122 heavy (non-hydrogen) atoms. The molecule has 676 valence electrons. The fraction of sp³-hybridized carbons (Fsp3) is 0.577. The number of primary amides is 1. The van der Waals surface area contributed by atoms with E-state index in [0.29, 0.717) is 30.7 Å². The first kappa shape index (κ1) is 102. The van der Waals surface area contributed by atoms with Crippen molar-refractivity contribution in [3.8, 4) is 0 Å². The molecule has 0 bridgehead atoms. The monoisotopic (exact) mass is 1720 g/mol. The highest BCUT2D eigenvalue weighted by molar-refractivity contribution is 6.01. The van der Waals surface area contributed by atoms with E-state index in [1.807, 2.05) is 0 Å². The summed E-state index contributed by atoms with van der Waals surface area (Å²) < 4.78 is 0. The largest absolute Gasteiger partial charge is 0.480 e. The zero-order valence-electron chi connectivity index (χ0n) is 68.0. The number of nitrogens with zero attached hydrogens (tertiary/aromatic N) is 3. The van der Waals surface area contributed by atoms with Crippen LogP contribution in [0.5, 0.6) is 0 Å². The van der Waals surface area contributed by atoms with Crippen molar-refractivity contribution in [2.75, 3.05) is 58.9 Å². The molecule has 3 aromatic heterocycles. The normalized spacial score (nSPS) is 13.3. The predicted octanol–water partition coefficient (Wildman–Crippen LogP) is -9.61. The highest BCUT2D eigenvalue weighted by atomic mass is 16.4. The molecule has 0 aliphatic heterocycles. The minimum atomic E-state index is -1.76. The molecule has 12 amide bonds. The molecular weight excluding hydrogens is 1600 g/mol. The summed E-state index contributed by atoms with van der Waals surface area (Å²) in [5.41, 5.74) is 51.0. The first-order chi connectivity index (χ1) is 58.1. The van der Waals surface area contributed by atoms with Gasteiger partial charge >= 0.3 is 5.97 Å². The van der Waals surface area contributed by atoms with E-state index < -0.39 is 180 Å². The first-order valence-electron chi connectivity index (χ1n) is 39.7. The second-order valence-electron chi connectivity index (χ2n) is 28.1. The molecule has 3 rings (SSSR count). The lowest BCUT2D eigenvalue weighted by molar-refractivity contribution is -0.142. The molecule has 51 nitrogen and oxygen atoms in total. The minimum Gasteiger partial charge on any atom is -0.480 e. The van der Waals surface area contributed by atoms with Crippen LogP contribution in [0.3, 0.4) is 0 Å². The molecule has 0 saturated heterocycles. The molecule has 3 heterocycles. The van der Waals surface area contributed by atoms with Gasteiger partial charge in [0, 0.05) is 77.5 Å². The first-order valence-corrected chi connectivity index (χ1v) is 39.7. The molecular formula is C71H123N37O14. The van der Waals surface area contributed by atoms with Gasteiger partial charge in [-0.25, -0.2) is 19.7 Å². The highest BCUT2D eigenvalue weighted by Crippen LogP contribution is 2.14. The van der Waals surface area contributed by atoms with Gasteiger partial charge in [0.15, 0.2) is 35.8 Å². The van der Waals surface area contributed by atoms with Crippen molar-refractivity contribution in [3.05, 3.63) is 66.0 Å². The Kier molecular flexibility index (Phi) is 48.2. The number of aromatic nitrogens is 5. The summed E-state index contributed by atoms with van der Waals surface area (Å²) in [7, 11) is 0. The van der Waals surface area contributed by atoms with Gasteiger partial charge in [-0.2, -0.15) is 0 Å². The Balaban J connectivity index is 2.07.